The predicted octanol–water partition coefficient (Wildman–Crippen LogP) is 3.67. The maximum absolute atomic E-state index is 5.74. The van der Waals surface area contributed by atoms with E-state index < -0.39 is 0 Å². The molecule has 0 aliphatic carbocycles. The first-order valence-electron chi connectivity index (χ1n) is 9.14. The standard InChI is InChI=1S/C19H31N3O2.HI/c1-4-20-19(22-13-11-17(12-14-22)23-5-2)21-15-16-9-7-8-10-18(16)24-6-3;/h7-10,17H,4-6,11-15H2,1-3H3,(H,20,21);1H. The van der Waals surface area contributed by atoms with Crippen molar-refractivity contribution in [1.29, 1.82) is 0 Å². The molecule has 0 spiro atoms. The number of halogens is 1. The van der Waals surface area contributed by atoms with Gasteiger partial charge in [0.25, 0.3) is 0 Å². The third-order valence-corrected chi connectivity index (χ3v) is 4.15. The monoisotopic (exact) mass is 461 g/mol. The van der Waals surface area contributed by atoms with Crippen LogP contribution in [0.1, 0.15) is 39.2 Å². The highest BCUT2D eigenvalue weighted by molar-refractivity contribution is 14.0. The largest absolute Gasteiger partial charge is 0.494 e. The summed E-state index contributed by atoms with van der Waals surface area (Å²) in [6, 6.07) is 8.13. The molecule has 1 saturated heterocycles. The second-order valence-corrected chi connectivity index (χ2v) is 5.85. The van der Waals surface area contributed by atoms with E-state index in [1.165, 1.54) is 0 Å². The zero-order valence-electron chi connectivity index (χ0n) is 15.7. The van der Waals surface area contributed by atoms with Gasteiger partial charge in [-0.05, 0) is 39.7 Å². The molecule has 0 amide bonds. The number of aliphatic imine (C=N–C) groups is 1. The Hall–Kier alpha value is -1.02. The van der Waals surface area contributed by atoms with Gasteiger partial charge in [-0.1, -0.05) is 18.2 Å². The van der Waals surface area contributed by atoms with Crippen LogP contribution in [0.2, 0.25) is 0 Å². The SMILES string of the molecule is CCNC(=NCc1ccccc1OCC)N1CCC(OCC)CC1.I. The lowest BCUT2D eigenvalue weighted by Gasteiger charge is -2.34. The molecule has 0 atom stereocenters. The molecule has 1 aromatic carbocycles. The zero-order chi connectivity index (χ0) is 17.2. The summed E-state index contributed by atoms with van der Waals surface area (Å²) in [4.78, 5) is 7.17. The average Bonchev–Trinajstić information content (AvgIpc) is 2.61. The lowest BCUT2D eigenvalue weighted by Crippen LogP contribution is -2.47. The number of nitrogens with one attached hydrogen (secondary N) is 1. The molecule has 1 aliphatic heterocycles. The average molecular weight is 461 g/mol. The fourth-order valence-corrected chi connectivity index (χ4v) is 2.99. The molecule has 0 saturated carbocycles. The van der Waals surface area contributed by atoms with Crippen LogP contribution in [-0.2, 0) is 11.3 Å². The van der Waals surface area contributed by atoms with Crippen molar-refractivity contribution in [3.63, 3.8) is 0 Å². The molecule has 142 valence electrons. The fourth-order valence-electron chi connectivity index (χ4n) is 2.99. The van der Waals surface area contributed by atoms with Gasteiger partial charge in [-0.15, -0.1) is 24.0 Å². The molecule has 0 bridgehead atoms. The third kappa shape index (κ3) is 7.01. The van der Waals surface area contributed by atoms with Crippen molar-refractivity contribution in [2.24, 2.45) is 4.99 Å². The number of benzene rings is 1. The van der Waals surface area contributed by atoms with Gasteiger partial charge in [0.1, 0.15) is 5.75 Å². The summed E-state index contributed by atoms with van der Waals surface area (Å²) in [5, 5.41) is 3.42. The Balaban J connectivity index is 0.00000312. The molecule has 1 heterocycles. The smallest absolute Gasteiger partial charge is 0.194 e. The Morgan fingerprint density at radius 2 is 1.88 bits per heavy atom. The van der Waals surface area contributed by atoms with E-state index in [0.29, 0.717) is 19.3 Å². The van der Waals surface area contributed by atoms with Crippen molar-refractivity contribution in [3.8, 4) is 5.75 Å². The number of likely N-dealkylation sites (tertiary alicyclic amines) is 1. The maximum Gasteiger partial charge on any atom is 0.194 e. The molecule has 0 unspecified atom stereocenters. The molecule has 25 heavy (non-hydrogen) atoms. The second-order valence-electron chi connectivity index (χ2n) is 5.85. The highest BCUT2D eigenvalue weighted by atomic mass is 127. The van der Waals surface area contributed by atoms with Crippen molar-refractivity contribution >= 4 is 29.9 Å². The van der Waals surface area contributed by atoms with Crippen molar-refractivity contribution in [1.82, 2.24) is 10.2 Å². The summed E-state index contributed by atoms with van der Waals surface area (Å²) in [6.45, 7) is 11.1. The number of ether oxygens (including phenoxy) is 2. The predicted molar refractivity (Wildman–Crippen MR) is 114 cm³/mol. The van der Waals surface area contributed by atoms with Crippen LogP contribution in [0.15, 0.2) is 29.3 Å². The minimum absolute atomic E-state index is 0. The van der Waals surface area contributed by atoms with Gasteiger partial charge >= 0.3 is 0 Å². The van der Waals surface area contributed by atoms with Crippen molar-refractivity contribution < 1.29 is 9.47 Å². The molecule has 5 nitrogen and oxygen atoms in total. The van der Waals surface area contributed by atoms with E-state index in [2.05, 4.69) is 30.1 Å². The van der Waals surface area contributed by atoms with Crippen LogP contribution in [-0.4, -0.2) is 49.8 Å². The van der Waals surface area contributed by atoms with E-state index in [1.807, 2.05) is 25.1 Å². The van der Waals surface area contributed by atoms with Crippen LogP contribution in [0.5, 0.6) is 5.75 Å². The van der Waals surface area contributed by atoms with E-state index in [-0.39, 0.29) is 24.0 Å². The highest BCUT2D eigenvalue weighted by Gasteiger charge is 2.21. The molecular weight excluding hydrogens is 429 g/mol. The van der Waals surface area contributed by atoms with Crippen molar-refractivity contribution in [2.45, 2.75) is 46.3 Å². The number of hydrogen-bond donors (Lipinski definition) is 1. The number of rotatable bonds is 7. The number of nitrogens with zero attached hydrogens (tertiary/aromatic N) is 2. The molecule has 0 aromatic heterocycles. The van der Waals surface area contributed by atoms with Crippen LogP contribution in [0.4, 0.5) is 0 Å². The maximum atomic E-state index is 5.74. The molecule has 0 radical (unpaired) electrons. The highest BCUT2D eigenvalue weighted by Crippen LogP contribution is 2.19. The lowest BCUT2D eigenvalue weighted by atomic mass is 10.1. The molecular formula is C19H32IN3O2. The second kappa shape index (κ2) is 12.4. The summed E-state index contributed by atoms with van der Waals surface area (Å²) in [6.07, 6.45) is 2.52. The van der Waals surface area contributed by atoms with Crippen LogP contribution < -0.4 is 10.1 Å². The van der Waals surface area contributed by atoms with E-state index in [4.69, 9.17) is 14.5 Å². The molecule has 1 N–H and O–H groups in total. The fraction of sp³-hybridized carbons (Fsp3) is 0.632. The van der Waals surface area contributed by atoms with E-state index in [0.717, 1.165) is 56.4 Å². The third-order valence-electron chi connectivity index (χ3n) is 4.15. The van der Waals surface area contributed by atoms with Gasteiger partial charge in [-0.25, -0.2) is 4.99 Å². The lowest BCUT2D eigenvalue weighted by molar-refractivity contribution is 0.0263. The summed E-state index contributed by atoms with van der Waals surface area (Å²) in [7, 11) is 0. The topological polar surface area (TPSA) is 46.1 Å². The molecule has 6 heteroatoms. The Kier molecular flexibility index (Phi) is 10.9. The number of hydrogen-bond acceptors (Lipinski definition) is 3. The molecule has 2 rings (SSSR count). The summed E-state index contributed by atoms with van der Waals surface area (Å²) < 4.78 is 11.4. The van der Waals surface area contributed by atoms with E-state index >= 15 is 0 Å². The molecule has 1 aliphatic rings. The quantitative estimate of drug-likeness (QED) is 0.383. The number of guanidine groups is 1. The Labute approximate surface area is 169 Å². The van der Waals surface area contributed by atoms with Crippen LogP contribution in [0.25, 0.3) is 0 Å². The van der Waals surface area contributed by atoms with Crippen LogP contribution in [0, 0.1) is 0 Å². The van der Waals surface area contributed by atoms with Gasteiger partial charge in [0.15, 0.2) is 5.96 Å². The van der Waals surface area contributed by atoms with Crippen molar-refractivity contribution in [2.75, 3.05) is 32.8 Å². The Morgan fingerprint density at radius 1 is 1.16 bits per heavy atom. The minimum atomic E-state index is 0. The molecule has 1 fully saturated rings. The van der Waals surface area contributed by atoms with Gasteiger partial charge in [0.05, 0.1) is 19.3 Å². The Morgan fingerprint density at radius 3 is 2.52 bits per heavy atom. The zero-order valence-corrected chi connectivity index (χ0v) is 18.0. The van der Waals surface area contributed by atoms with E-state index in [9.17, 15) is 0 Å². The summed E-state index contributed by atoms with van der Waals surface area (Å²) >= 11 is 0. The molecule has 1 aromatic rings. The van der Waals surface area contributed by atoms with Crippen molar-refractivity contribution in [3.05, 3.63) is 29.8 Å². The Bertz CT molecular complexity index is 517. The summed E-state index contributed by atoms with van der Waals surface area (Å²) in [5.41, 5.74) is 1.12. The van der Waals surface area contributed by atoms with Gasteiger partial charge in [0.2, 0.25) is 0 Å². The first kappa shape index (κ1) is 22.0. The number of piperidine rings is 1. The first-order chi connectivity index (χ1) is 11.8. The summed E-state index contributed by atoms with van der Waals surface area (Å²) in [5.74, 6) is 1.91. The van der Waals surface area contributed by atoms with Gasteiger partial charge in [-0.3, -0.25) is 0 Å². The van der Waals surface area contributed by atoms with E-state index in [1.54, 1.807) is 0 Å². The van der Waals surface area contributed by atoms with Gasteiger partial charge in [-0.2, -0.15) is 0 Å². The van der Waals surface area contributed by atoms with Gasteiger partial charge in [0, 0.05) is 31.8 Å². The van der Waals surface area contributed by atoms with Crippen LogP contribution >= 0.6 is 24.0 Å². The van der Waals surface area contributed by atoms with Gasteiger partial charge < -0.3 is 19.7 Å². The normalized spacial score (nSPS) is 15.6. The number of para-hydroxylation sites is 1. The van der Waals surface area contributed by atoms with Crippen LogP contribution in [0.3, 0.4) is 0 Å². The first-order valence-corrected chi connectivity index (χ1v) is 9.14. The minimum Gasteiger partial charge on any atom is -0.494 e.